The molecule has 2 unspecified atom stereocenters. The quantitative estimate of drug-likeness (QED) is 0.795. The number of nitrogens with one attached hydrogen (secondary N) is 1. The predicted octanol–water partition coefficient (Wildman–Crippen LogP) is 1.72. The van der Waals surface area contributed by atoms with Gasteiger partial charge in [-0.25, -0.2) is 4.79 Å². The van der Waals surface area contributed by atoms with E-state index >= 15 is 0 Å². The minimum absolute atomic E-state index is 0.128. The van der Waals surface area contributed by atoms with Gasteiger partial charge in [0.25, 0.3) is 5.91 Å². The van der Waals surface area contributed by atoms with E-state index in [9.17, 15) is 9.59 Å². The van der Waals surface area contributed by atoms with E-state index in [0.29, 0.717) is 23.4 Å². The Kier molecular flexibility index (Phi) is 5.88. The number of nitrogens with zero attached hydrogens (tertiary/aromatic N) is 2. The van der Waals surface area contributed by atoms with Gasteiger partial charge < -0.3 is 10.4 Å². The molecule has 0 aromatic carbocycles. The summed E-state index contributed by atoms with van der Waals surface area (Å²) < 4.78 is 3.76. The zero-order valence-corrected chi connectivity index (χ0v) is 12.2. The van der Waals surface area contributed by atoms with Crippen molar-refractivity contribution in [2.45, 2.75) is 46.1 Å². The van der Waals surface area contributed by atoms with Crippen molar-refractivity contribution in [1.29, 1.82) is 0 Å². The van der Waals surface area contributed by atoms with Crippen molar-refractivity contribution in [2.24, 2.45) is 5.92 Å². The number of carbonyl (C=O) groups excluding carboxylic acids is 1. The Bertz CT molecular complexity index is 447. The van der Waals surface area contributed by atoms with Gasteiger partial charge in [-0.3, -0.25) is 4.79 Å². The van der Waals surface area contributed by atoms with Crippen molar-refractivity contribution in [3.05, 3.63) is 10.6 Å². The molecule has 2 N–H and O–H groups in total. The van der Waals surface area contributed by atoms with Gasteiger partial charge >= 0.3 is 5.97 Å². The molecular formula is C12H19N3O3S. The molecule has 0 aliphatic carbocycles. The van der Waals surface area contributed by atoms with Crippen molar-refractivity contribution in [3.63, 3.8) is 0 Å². The van der Waals surface area contributed by atoms with E-state index in [0.717, 1.165) is 18.0 Å². The SMILES string of the molecule is CCCc1nnsc1C(=O)NC(C(=O)O)C(C)CC. The smallest absolute Gasteiger partial charge is 0.326 e. The van der Waals surface area contributed by atoms with E-state index < -0.39 is 17.9 Å². The van der Waals surface area contributed by atoms with Gasteiger partial charge in [-0.1, -0.05) is 38.1 Å². The van der Waals surface area contributed by atoms with Crippen LogP contribution < -0.4 is 5.32 Å². The molecule has 0 aliphatic heterocycles. The highest BCUT2D eigenvalue weighted by Gasteiger charge is 2.27. The molecule has 7 heteroatoms. The van der Waals surface area contributed by atoms with E-state index in [4.69, 9.17) is 5.11 Å². The van der Waals surface area contributed by atoms with Gasteiger partial charge in [-0.2, -0.15) is 0 Å². The molecule has 1 aromatic rings. The Labute approximate surface area is 116 Å². The highest BCUT2D eigenvalue weighted by molar-refractivity contribution is 7.08. The first kappa shape index (κ1) is 15.6. The number of aryl methyl sites for hydroxylation is 1. The van der Waals surface area contributed by atoms with Gasteiger partial charge in [-0.15, -0.1) is 5.10 Å². The average Bonchev–Trinajstić information content (AvgIpc) is 2.83. The molecule has 19 heavy (non-hydrogen) atoms. The number of aromatic nitrogens is 2. The summed E-state index contributed by atoms with van der Waals surface area (Å²) in [6.45, 7) is 5.68. The molecule has 1 amide bonds. The lowest BCUT2D eigenvalue weighted by atomic mass is 9.99. The second-order valence-corrected chi connectivity index (χ2v) is 5.23. The third-order valence-corrected chi connectivity index (χ3v) is 3.78. The van der Waals surface area contributed by atoms with Crippen LogP contribution in [0.25, 0.3) is 0 Å². The van der Waals surface area contributed by atoms with Gasteiger partial charge in [0, 0.05) is 0 Å². The van der Waals surface area contributed by atoms with Crippen LogP contribution in [0.4, 0.5) is 0 Å². The van der Waals surface area contributed by atoms with Crippen LogP contribution in [0.3, 0.4) is 0 Å². The Morgan fingerprint density at radius 3 is 2.63 bits per heavy atom. The fourth-order valence-electron chi connectivity index (χ4n) is 1.67. The van der Waals surface area contributed by atoms with Gasteiger partial charge in [-0.05, 0) is 23.9 Å². The molecule has 0 saturated carbocycles. The van der Waals surface area contributed by atoms with Crippen LogP contribution in [0.15, 0.2) is 0 Å². The third kappa shape index (κ3) is 3.99. The first-order chi connectivity index (χ1) is 9.01. The van der Waals surface area contributed by atoms with Crippen LogP contribution in [-0.2, 0) is 11.2 Å². The fraction of sp³-hybridized carbons (Fsp3) is 0.667. The first-order valence-corrected chi connectivity index (χ1v) is 7.13. The van der Waals surface area contributed by atoms with Crippen molar-refractivity contribution < 1.29 is 14.7 Å². The summed E-state index contributed by atoms with van der Waals surface area (Å²) in [4.78, 5) is 23.7. The van der Waals surface area contributed by atoms with E-state index in [1.54, 1.807) is 6.92 Å². The lowest BCUT2D eigenvalue weighted by Crippen LogP contribution is -2.45. The number of rotatable bonds is 7. The van der Waals surface area contributed by atoms with Crippen LogP contribution in [0.2, 0.25) is 0 Å². The Morgan fingerprint density at radius 1 is 1.42 bits per heavy atom. The molecule has 1 rings (SSSR count). The number of carboxylic acid groups (broad SMARTS) is 1. The number of carboxylic acids is 1. The van der Waals surface area contributed by atoms with E-state index in [2.05, 4.69) is 14.9 Å². The van der Waals surface area contributed by atoms with Crippen LogP contribution in [0.1, 0.15) is 49.0 Å². The molecule has 0 fully saturated rings. The number of aliphatic carboxylic acids is 1. The van der Waals surface area contributed by atoms with E-state index in [-0.39, 0.29) is 5.92 Å². The maximum atomic E-state index is 12.1. The largest absolute Gasteiger partial charge is 0.480 e. The summed E-state index contributed by atoms with van der Waals surface area (Å²) in [6.07, 6.45) is 2.21. The third-order valence-electron chi connectivity index (χ3n) is 3.01. The molecule has 0 radical (unpaired) electrons. The minimum atomic E-state index is -1.02. The molecule has 106 valence electrons. The van der Waals surface area contributed by atoms with Crippen molar-refractivity contribution in [3.8, 4) is 0 Å². The van der Waals surface area contributed by atoms with Crippen LogP contribution in [-0.4, -0.2) is 32.6 Å². The predicted molar refractivity (Wildman–Crippen MR) is 72.2 cm³/mol. The molecule has 2 atom stereocenters. The first-order valence-electron chi connectivity index (χ1n) is 6.36. The normalized spacial score (nSPS) is 13.8. The molecule has 0 saturated heterocycles. The molecule has 0 bridgehead atoms. The summed E-state index contributed by atoms with van der Waals surface area (Å²) >= 11 is 1.00. The minimum Gasteiger partial charge on any atom is -0.480 e. The summed E-state index contributed by atoms with van der Waals surface area (Å²) in [5.41, 5.74) is 0.637. The van der Waals surface area contributed by atoms with Crippen molar-refractivity contribution in [2.75, 3.05) is 0 Å². The summed E-state index contributed by atoms with van der Waals surface area (Å²) in [5, 5.41) is 15.6. The van der Waals surface area contributed by atoms with Gasteiger partial charge in [0.1, 0.15) is 10.9 Å². The lowest BCUT2D eigenvalue weighted by Gasteiger charge is -2.19. The van der Waals surface area contributed by atoms with E-state index in [1.807, 2.05) is 13.8 Å². The summed E-state index contributed by atoms with van der Waals surface area (Å²) in [7, 11) is 0. The fourth-order valence-corrected chi connectivity index (χ4v) is 2.28. The van der Waals surface area contributed by atoms with Crippen LogP contribution in [0, 0.1) is 5.92 Å². The molecule has 0 aliphatic rings. The number of hydrogen-bond acceptors (Lipinski definition) is 5. The average molecular weight is 285 g/mol. The Hall–Kier alpha value is -1.50. The topological polar surface area (TPSA) is 92.2 Å². The summed E-state index contributed by atoms with van der Waals surface area (Å²) in [5.74, 6) is -1.54. The number of amides is 1. The highest BCUT2D eigenvalue weighted by Crippen LogP contribution is 2.14. The van der Waals surface area contributed by atoms with Crippen molar-refractivity contribution >= 4 is 23.4 Å². The zero-order chi connectivity index (χ0) is 14.4. The number of hydrogen-bond donors (Lipinski definition) is 2. The second-order valence-electron chi connectivity index (χ2n) is 4.47. The monoisotopic (exact) mass is 285 g/mol. The van der Waals surface area contributed by atoms with Gasteiger partial charge in [0.05, 0.1) is 5.69 Å². The molecule has 6 nitrogen and oxygen atoms in total. The standard InChI is InChI=1S/C12H19N3O3S/c1-4-6-8-10(19-15-14-8)11(16)13-9(12(17)18)7(3)5-2/h7,9H,4-6H2,1-3H3,(H,13,16)(H,17,18). The van der Waals surface area contributed by atoms with Gasteiger partial charge in [0.2, 0.25) is 0 Å². The number of carbonyl (C=O) groups is 2. The highest BCUT2D eigenvalue weighted by atomic mass is 32.1. The molecule has 1 heterocycles. The lowest BCUT2D eigenvalue weighted by molar-refractivity contribution is -0.140. The molecular weight excluding hydrogens is 266 g/mol. The zero-order valence-electron chi connectivity index (χ0n) is 11.3. The maximum Gasteiger partial charge on any atom is 0.326 e. The van der Waals surface area contributed by atoms with Crippen LogP contribution in [0.5, 0.6) is 0 Å². The van der Waals surface area contributed by atoms with Crippen molar-refractivity contribution in [1.82, 2.24) is 14.9 Å². The van der Waals surface area contributed by atoms with Gasteiger partial charge in [0.15, 0.2) is 0 Å². The second kappa shape index (κ2) is 7.18. The molecule has 0 spiro atoms. The molecule has 1 aromatic heterocycles. The Morgan fingerprint density at radius 2 is 2.11 bits per heavy atom. The van der Waals surface area contributed by atoms with Crippen LogP contribution >= 0.6 is 11.5 Å². The Balaban J connectivity index is 2.82. The summed E-state index contributed by atoms with van der Waals surface area (Å²) in [6, 6.07) is -0.880. The maximum absolute atomic E-state index is 12.1. The van der Waals surface area contributed by atoms with E-state index in [1.165, 1.54) is 0 Å².